The predicted octanol–water partition coefficient (Wildman–Crippen LogP) is 5.01. The molecule has 3 rings (SSSR count). The van der Waals surface area contributed by atoms with Gasteiger partial charge in [-0.3, -0.25) is 0 Å². The Bertz CT molecular complexity index is 1170. The number of aryl methyl sites for hydroxylation is 3. The van der Waals surface area contributed by atoms with Gasteiger partial charge < -0.3 is 9.47 Å². The molecule has 0 heterocycles. The molecule has 0 aliphatic rings. The van der Waals surface area contributed by atoms with Crippen LogP contribution in [0.1, 0.15) is 27.8 Å². The van der Waals surface area contributed by atoms with E-state index in [0.717, 1.165) is 16.7 Å². The number of ether oxygens (including phenoxy) is 2. The Labute approximate surface area is 178 Å². The maximum Gasteiger partial charge on any atom is 0.282 e. The summed E-state index contributed by atoms with van der Waals surface area (Å²) >= 11 is 0. The molecule has 0 spiro atoms. The molecule has 0 fully saturated rings. The van der Waals surface area contributed by atoms with Crippen LogP contribution in [0.25, 0.3) is 0 Å². The molecule has 0 bridgehead atoms. The Morgan fingerprint density at radius 2 is 1.57 bits per heavy atom. The first-order valence-electron chi connectivity index (χ1n) is 9.52. The van der Waals surface area contributed by atoms with Crippen LogP contribution in [0.15, 0.2) is 70.0 Å². The lowest BCUT2D eigenvalue weighted by Gasteiger charge is -2.13. The minimum absolute atomic E-state index is 0.157. The van der Waals surface area contributed by atoms with Crippen molar-refractivity contribution < 1.29 is 17.9 Å². The van der Waals surface area contributed by atoms with E-state index in [-0.39, 0.29) is 4.90 Å². The van der Waals surface area contributed by atoms with Crippen LogP contribution in [-0.2, 0) is 16.6 Å². The van der Waals surface area contributed by atoms with Crippen molar-refractivity contribution in [3.8, 4) is 11.5 Å². The van der Waals surface area contributed by atoms with Crippen LogP contribution < -0.4 is 9.47 Å². The Morgan fingerprint density at radius 3 is 2.27 bits per heavy atom. The third-order valence-electron chi connectivity index (χ3n) is 4.73. The van der Waals surface area contributed by atoms with Gasteiger partial charge in [0, 0.05) is 6.21 Å². The number of hydrogen-bond acceptors (Lipinski definition) is 4. The molecule has 0 atom stereocenters. The summed E-state index contributed by atoms with van der Waals surface area (Å²) in [5, 5.41) is 0. The number of nitrogens with zero attached hydrogens (tertiary/aromatic N) is 1. The van der Waals surface area contributed by atoms with E-state index in [2.05, 4.69) is 22.6 Å². The van der Waals surface area contributed by atoms with Crippen LogP contribution in [0.3, 0.4) is 0 Å². The quantitative estimate of drug-likeness (QED) is 0.501. The Balaban J connectivity index is 1.77. The monoisotopic (exact) mass is 423 g/mol. The number of sulfonamides is 1. The van der Waals surface area contributed by atoms with Crippen molar-refractivity contribution >= 4 is 16.2 Å². The summed E-state index contributed by atoms with van der Waals surface area (Å²) in [7, 11) is -2.22. The maximum absolute atomic E-state index is 12.4. The van der Waals surface area contributed by atoms with Gasteiger partial charge in [-0.2, -0.15) is 12.8 Å². The Morgan fingerprint density at radius 1 is 0.867 bits per heavy atom. The van der Waals surface area contributed by atoms with Gasteiger partial charge in [-0.05, 0) is 67.8 Å². The first-order chi connectivity index (χ1) is 14.3. The number of methoxy groups -OCH3 is 1. The SMILES string of the molecule is COc1cc(/C=N\S(=O)(=O)c2ccc(C)cc2)ccc1OCc1cc(C)ccc1C. The van der Waals surface area contributed by atoms with Gasteiger partial charge in [0.2, 0.25) is 0 Å². The highest BCUT2D eigenvalue weighted by molar-refractivity contribution is 7.90. The standard InChI is InChI=1S/C24H25NO4S/c1-17-6-10-22(11-7-17)30(26,27)25-15-20-9-12-23(24(14-20)28-4)29-16-21-13-18(2)5-8-19(21)3/h5-15H,16H2,1-4H3/b25-15-. The van der Waals surface area contributed by atoms with Gasteiger partial charge in [-0.1, -0.05) is 41.5 Å². The van der Waals surface area contributed by atoms with Gasteiger partial charge in [0.25, 0.3) is 10.0 Å². The zero-order valence-electron chi connectivity index (χ0n) is 17.5. The van der Waals surface area contributed by atoms with E-state index >= 15 is 0 Å². The second-order valence-corrected chi connectivity index (χ2v) is 8.78. The zero-order valence-corrected chi connectivity index (χ0v) is 18.4. The van der Waals surface area contributed by atoms with E-state index < -0.39 is 10.0 Å². The smallest absolute Gasteiger partial charge is 0.282 e. The third-order valence-corrected chi connectivity index (χ3v) is 5.99. The molecule has 0 amide bonds. The minimum atomic E-state index is -3.76. The molecule has 0 radical (unpaired) electrons. The zero-order chi connectivity index (χ0) is 21.7. The summed E-state index contributed by atoms with van der Waals surface area (Å²) < 4.78 is 40.0. The van der Waals surface area contributed by atoms with Gasteiger partial charge >= 0.3 is 0 Å². The molecule has 3 aromatic rings. The van der Waals surface area contributed by atoms with Crippen molar-refractivity contribution in [1.82, 2.24) is 0 Å². The fraction of sp³-hybridized carbons (Fsp3) is 0.208. The van der Waals surface area contributed by atoms with Gasteiger partial charge in [-0.15, -0.1) is 0 Å². The van der Waals surface area contributed by atoms with E-state index in [1.165, 1.54) is 11.8 Å². The summed E-state index contributed by atoms with van der Waals surface area (Å²) in [5.41, 5.74) is 5.02. The van der Waals surface area contributed by atoms with Gasteiger partial charge in [-0.25, -0.2) is 0 Å². The normalized spacial score (nSPS) is 11.6. The highest BCUT2D eigenvalue weighted by atomic mass is 32.2. The molecule has 156 valence electrons. The van der Waals surface area contributed by atoms with Crippen LogP contribution >= 0.6 is 0 Å². The second-order valence-electron chi connectivity index (χ2n) is 7.15. The predicted molar refractivity (Wildman–Crippen MR) is 119 cm³/mol. The van der Waals surface area contributed by atoms with E-state index in [1.54, 1.807) is 49.6 Å². The summed E-state index contributed by atoms with van der Waals surface area (Å²) in [4.78, 5) is 0.157. The fourth-order valence-corrected chi connectivity index (χ4v) is 3.76. The van der Waals surface area contributed by atoms with Gasteiger partial charge in [0.05, 0.1) is 12.0 Å². The highest BCUT2D eigenvalue weighted by Gasteiger charge is 2.12. The molecular formula is C24H25NO4S. The van der Waals surface area contributed by atoms with Crippen LogP contribution in [0.4, 0.5) is 0 Å². The van der Waals surface area contributed by atoms with Crippen LogP contribution in [0, 0.1) is 20.8 Å². The van der Waals surface area contributed by atoms with Gasteiger partial charge in [0.1, 0.15) is 6.61 Å². The fourth-order valence-electron chi connectivity index (χ4n) is 2.90. The molecule has 0 unspecified atom stereocenters. The molecule has 0 aliphatic heterocycles. The second kappa shape index (κ2) is 9.13. The summed E-state index contributed by atoms with van der Waals surface area (Å²) in [6, 6.07) is 18.0. The maximum atomic E-state index is 12.4. The van der Waals surface area contributed by atoms with Crippen molar-refractivity contribution in [3.63, 3.8) is 0 Å². The van der Waals surface area contributed by atoms with E-state index in [9.17, 15) is 8.42 Å². The van der Waals surface area contributed by atoms with Crippen molar-refractivity contribution in [3.05, 3.63) is 88.5 Å². The van der Waals surface area contributed by atoms with Crippen molar-refractivity contribution in [2.45, 2.75) is 32.3 Å². The molecule has 0 aliphatic carbocycles. The molecule has 3 aromatic carbocycles. The Hall–Kier alpha value is -3.12. The van der Waals surface area contributed by atoms with Crippen LogP contribution in [0.5, 0.6) is 11.5 Å². The number of rotatable bonds is 7. The first kappa shape index (κ1) is 21.6. The molecule has 0 aromatic heterocycles. The van der Waals surface area contributed by atoms with Crippen molar-refractivity contribution in [1.29, 1.82) is 0 Å². The van der Waals surface area contributed by atoms with Gasteiger partial charge in [0.15, 0.2) is 11.5 Å². The lowest BCUT2D eigenvalue weighted by molar-refractivity contribution is 0.284. The average molecular weight is 424 g/mol. The van der Waals surface area contributed by atoms with Crippen molar-refractivity contribution in [2.24, 2.45) is 4.40 Å². The molecule has 6 heteroatoms. The molecule has 0 saturated heterocycles. The Kier molecular flexibility index (Phi) is 6.57. The van der Waals surface area contributed by atoms with Crippen LogP contribution in [0.2, 0.25) is 0 Å². The number of hydrogen-bond donors (Lipinski definition) is 0. The summed E-state index contributed by atoms with van der Waals surface area (Å²) in [6.45, 7) is 6.40. The minimum Gasteiger partial charge on any atom is -0.493 e. The first-order valence-corrected chi connectivity index (χ1v) is 11.0. The molecule has 0 saturated carbocycles. The lowest BCUT2D eigenvalue weighted by Crippen LogP contribution is -2.01. The number of benzene rings is 3. The van der Waals surface area contributed by atoms with Crippen molar-refractivity contribution in [2.75, 3.05) is 7.11 Å². The lowest BCUT2D eigenvalue weighted by atomic mass is 10.1. The topological polar surface area (TPSA) is 65.0 Å². The molecule has 0 N–H and O–H groups in total. The van der Waals surface area contributed by atoms with Crippen LogP contribution in [-0.4, -0.2) is 21.7 Å². The third kappa shape index (κ3) is 5.27. The summed E-state index contributed by atoms with van der Waals surface area (Å²) in [6.07, 6.45) is 1.31. The summed E-state index contributed by atoms with van der Waals surface area (Å²) in [5.74, 6) is 1.09. The average Bonchev–Trinajstić information content (AvgIpc) is 2.73. The molecule has 30 heavy (non-hydrogen) atoms. The molecule has 5 nitrogen and oxygen atoms in total. The largest absolute Gasteiger partial charge is 0.493 e. The molecular weight excluding hydrogens is 398 g/mol. The van der Waals surface area contributed by atoms with E-state index in [1.807, 2.05) is 20.8 Å². The van der Waals surface area contributed by atoms with E-state index in [0.29, 0.717) is 23.7 Å². The highest BCUT2D eigenvalue weighted by Crippen LogP contribution is 2.29. The van der Waals surface area contributed by atoms with E-state index in [4.69, 9.17) is 9.47 Å².